The summed E-state index contributed by atoms with van der Waals surface area (Å²) in [7, 11) is 0. The van der Waals surface area contributed by atoms with E-state index in [1.54, 1.807) is 12.5 Å². The van der Waals surface area contributed by atoms with Crippen LogP contribution in [-0.4, -0.2) is 9.55 Å². The van der Waals surface area contributed by atoms with Gasteiger partial charge in [0.25, 0.3) is 0 Å². The highest BCUT2D eigenvalue weighted by molar-refractivity contribution is 6.30. The Balaban J connectivity index is 2.15. The Hall–Kier alpha value is -2.46. The largest absolute Gasteiger partial charge is 0.397 e. The molecule has 4 N–H and O–H groups in total. The Morgan fingerprint density at radius 3 is 2.48 bits per heavy atom. The van der Waals surface area contributed by atoms with Gasteiger partial charge in [0, 0.05) is 17.4 Å². The summed E-state index contributed by atoms with van der Waals surface area (Å²) in [5.41, 5.74) is 15.0. The maximum Gasteiger partial charge on any atom is 0.0954 e. The molecule has 2 aromatic carbocycles. The number of rotatable bonds is 3. The van der Waals surface area contributed by atoms with Gasteiger partial charge in [0.05, 0.1) is 23.7 Å². The minimum Gasteiger partial charge on any atom is -0.397 e. The van der Waals surface area contributed by atoms with Gasteiger partial charge in [-0.2, -0.15) is 0 Å². The molecule has 0 saturated carbocycles. The first-order valence-corrected chi connectivity index (χ1v) is 6.91. The van der Waals surface area contributed by atoms with Crippen LogP contribution in [0.15, 0.2) is 61.2 Å². The molecule has 0 bridgehead atoms. The zero-order valence-corrected chi connectivity index (χ0v) is 12.0. The lowest BCUT2D eigenvalue weighted by atomic mass is 9.97. The lowest BCUT2D eigenvalue weighted by Crippen LogP contribution is -2.11. The minimum atomic E-state index is -0.0471. The van der Waals surface area contributed by atoms with Crippen molar-refractivity contribution in [2.24, 2.45) is 0 Å². The molecule has 21 heavy (non-hydrogen) atoms. The number of halogens is 1. The first-order valence-electron chi connectivity index (χ1n) is 6.53. The molecule has 1 atom stereocenters. The quantitative estimate of drug-likeness (QED) is 0.729. The highest BCUT2D eigenvalue weighted by Gasteiger charge is 2.17. The van der Waals surface area contributed by atoms with Crippen molar-refractivity contribution in [3.8, 4) is 0 Å². The molecule has 0 fully saturated rings. The molecule has 0 aliphatic rings. The number of aromatic nitrogens is 2. The Morgan fingerprint density at radius 1 is 1.00 bits per heavy atom. The van der Waals surface area contributed by atoms with Gasteiger partial charge in [-0.25, -0.2) is 4.98 Å². The fourth-order valence-corrected chi connectivity index (χ4v) is 2.60. The van der Waals surface area contributed by atoms with Crippen LogP contribution in [0.25, 0.3) is 0 Å². The molecule has 0 aliphatic heterocycles. The highest BCUT2D eigenvalue weighted by Crippen LogP contribution is 2.30. The Labute approximate surface area is 128 Å². The van der Waals surface area contributed by atoms with Crippen LogP contribution in [0.2, 0.25) is 5.02 Å². The summed E-state index contributed by atoms with van der Waals surface area (Å²) in [5, 5.41) is 0.695. The number of nitrogen functional groups attached to an aromatic ring is 2. The second kappa shape index (κ2) is 5.50. The van der Waals surface area contributed by atoms with E-state index < -0.39 is 0 Å². The molecule has 0 aliphatic carbocycles. The smallest absolute Gasteiger partial charge is 0.0954 e. The van der Waals surface area contributed by atoms with Crippen LogP contribution in [0.3, 0.4) is 0 Å². The SMILES string of the molecule is Nc1ccc(C(c2cccc(Cl)c2)n2ccnc2)cc1N. The van der Waals surface area contributed by atoms with Crippen LogP contribution in [-0.2, 0) is 0 Å². The van der Waals surface area contributed by atoms with Crippen LogP contribution < -0.4 is 11.5 Å². The van der Waals surface area contributed by atoms with Crippen molar-refractivity contribution in [1.29, 1.82) is 0 Å². The van der Waals surface area contributed by atoms with Crippen molar-refractivity contribution in [2.45, 2.75) is 6.04 Å². The zero-order valence-electron chi connectivity index (χ0n) is 11.3. The summed E-state index contributed by atoms with van der Waals surface area (Å²) in [6, 6.07) is 13.4. The van der Waals surface area contributed by atoms with Gasteiger partial charge in [-0.05, 0) is 35.4 Å². The van der Waals surface area contributed by atoms with E-state index in [1.165, 1.54) is 0 Å². The Bertz CT molecular complexity index is 753. The second-order valence-corrected chi connectivity index (χ2v) is 5.29. The molecule has 1 aromatic heterocycles. The summed E-state index contributed by atoms with van der Waals surface area (Å²) >= 11 is 6.12. The summed E-state index contributed by atoms with van der Waals surface area (Å²) < 4.78 is 2.01. The van der Waals surface area contributed by atoms with Crippen LogP contribution in [0, 0.1) is 0 Å². The summed E-state index contributed by atoms with van der Waals surface area (Å²) in [4.78, 5) is 4.13. The topological polar surface area (TPSA) is 69.9 Å². The third-order valence-corrected chi connectivity index (χ3v) is 3.65. The standard InChI is InChI=1S/C16H15ClN4/c17-13-3-1-2-11(8-13)16(21-7-6-20-10-21)12-4-5-14(18)15(19)9-12/h1-10,16H,18-19H2. The molecule has 1 unspecified atom stereocenters. The summed E-state index contributed by atoms with van der Waals surface area (Å²) in [6.45, 7) is 0. The van der Waals surface area contributed by atoms with E-state index in [0.29, 0.717) is 16.4 Å². The van der Waals surface area contributed by atoms with Crippen molar-refractivity contribution in [3.05, 3.63) is 77.3 Å². The molecular weight excluding hydrogens is 284 g/mol. The highest BCUT2D eigenvalue weighted by atomic mass is 35.5. The van der Waals surface area contributed by atoms with Crippen LogP contribution >= 0.6 is 11.6 Å². The van der Waals surface area contributed by atoms with E-state index in [1.807, 2.05) is 53.2 Å². The lowest BCUT2D eigenvalue weighted by Gasteiger charge is -2.20. The van der Waals surface area contributed by atoms with Crippen molar-refractivity contribution in [3.63, 3.8) is 0 Å². The van der Waals surface area contributed by atoms with Crippen LogP contribution in [0.4, 0.5) is 11.4 Å². The molecule has 3 aromatic rings. The van der Waals surface area contributed by atoms with Gasteiger partial charge in [-0.1, -0.05) is 29.8 Å². The van der Waals surface area contributed by atoms with Gasteiger partial charge >= 0.3 is 0 Å². The molecule has 3 rings (SSSR count). The number of hydrogen-bond donors (Lipinski definition) is 2. The van der Waals surface area contributed by atoms with Crippen molar-refractivity contribution in [1.82, 2.24) is 9.55 Å². The number of hydrogen-bond acceptors (Lipinski definition) is 3. The van der Waals surface area contributed by atoms with E-state index in [0.717, 1.165) is 11.1 Å². The third-order valence-electron chi connectivity index (χ3n) is 3.41. The number of anilines is 2. The molecule has 5 heteroatoms. The predicted molar refractivity (Wildman–Crippen MR) is 86.2 cm³/mol. The van der Waals surface area contributed by atoms with Gasteiger partial charge in [0.2, 0.25) is 0 Å². The van der Waals surface area contributed by atoms with Crippen molar-refractivity contribution in [2.75, 3.05) is 11.5 Å². The minimum absolute atomic E-state index is 0.0471. The van der Waals surface area contributed by atoms with Crippen LogP contribution in [0.5, 0.6) is 0 Å². The predicted octanol–water partition coefficient (Wildman–Crippen LogP) is 3.34. The van der Waals surface area contributed by atoms with Gasteiger partial charge < -0.3 is 16.0 Å². The van der Waals surface area contributed by atoms with E-state index >= 15 is 0 Å². The number of nitrogens with two attached hydrogens (primary N) is 2. The second-order valence-electron chi connectivity index (χ2n) is 4.86. The number of benzene rings is 2. The fourth-order valence-electron chi connectivity index (χ4n) is 2.40. The third kappa shape index (κ3) is 2.71. The van der Waals surface area contributed by atoms with E-state index in [9.17, 15) is 0 Å². The molecule has 1 heterocycles. The summed E-state index contributed by atoms with van der Waals surface area (Å²) in [6.07, 6.45) is 5.44. The van der Waals surface area contributed by atoms with Crippen LogP contribution in [0.1, 0.15) is 17.2 Å². The Morgan fingerprint density at radius 2 is 1.81 bits per heavy atom. The summed E-state index contributed by atoms with van der Waals surface area (Å²) in [5.74, 6) is 0. The van der Waals surface area contributed by atoms with Gasteiger partial charge in [0.15, 0.2) is 0 Å². The Kier molecular flexibility index (Phi) is 3.54. The average molecular weight is 299 g/mol. The maximum atomic E-state index is 6.12. The number of nitrogens with zero attached hydrogens (tertiary/aromatic N) is 2. The van der Waals surface area contributed by atoms with E-state index in [-0.39, 0.29) is 6.04 Å². The monoisotopic (exact) mass is 298 g/mol. The van der Waals surface area contributed by atoms with E-state index in [2.05, 4.69) is 4.98 Å². The first kappa shape index (κ1) is 13.5. The molecule has 4 nitrogen and oxygen atoms in total. The van der Waals surface area contributed by atoms with Gasteiger partial charge in [-0.15, -0.1) is 0 Å². The first-order chi connectivity index (χ1) is 10.1. The number of imidazole rings is 1. The fraction of sp³-hybridized carbons (Fsp3) is 0.0625. The zero-order chi connectivity index (χ0) is 14.8. The maximum absolute atomic E-state index is 6.12. The van der Waals surface area contributed by atoms with Crippen molar-refractivity contribution >= 4 is 23.0 Å². The molecule has 0 saturated heterocycles. The molecule has 106 valence electrons. The average Bonchev–Trinajstić information content (AvgIpc) is 2.97. The molecular formula is C16H15ClN4. The van der Waals surface area contributed by atoms with Crippen molar-refractivity contribution < 1.29 is 0 Å². The molecule has 0 radical (unpaired) electrons. The molecule has 0 amide bonds. The lowest BCUT2D eigenvalue weighted by molar-refractivity contribution is 0.677. The normalized spacial score (nSPS) is 12.2. The van der Waals surface area contributed by atoms with E-state index in [4.69, 9.17) is 23.1 Å². The van der Waals surface area contributed by atoms with Gasteiger partial charge in [0.1, 0.15) is 0 Å². The molecule has 0 spiro atoms. The van der Waals surface area contributed by atoms with Gasteiger partial charge in [-0.3, -0.25) is 0 Å².